The Morgan fingerprint density at radius 3 is 3.00 bits per heavy atom. The van der Waals surface area contributed by atoms with E-state index in [0.717, 1.165) is 5.75 Å². The third-order valence-electron chi connectivity index (χ3n) is 0.944. The third-order valence-corrected chi connectivity index (χ3v) is 1.90. The molecule has 0 aromatic rings. The molecule has 1 heterocycles. The van der Waals surface area contributed by atoms with Crippen molar-refractivity contribution in [1.82, 2.24) is 0 Å². The summed E-state index contributed by atoms with van der Waals surface area (Å²) in [5.41, 5.74) is 5.30. The van der Waals surface area contributed by atoms with Gasteiger partial charge in [-0.25, -0.2) is 0 Å². The van der Waals surface area contributed by atoms with Gasteiger partial charge in [-0.3, -0.25) is 4.99 Å². The molecule has 3 N–H and O–H groups in total. The van der Waals surface area contributed by atoms with E-state index in [9.17, 15) is 0 Å². The summed E-state index contributed by atoms with van der Waals surface area (Å²) in [7, 11) is 0. The van der Waals surface area contributed by atoms with E-state index in [1.54, 1.807) is 0 Å². The van der Waals surface area contributed by atoms with Gasteiger partial charge >= 0.3 is 0 Å². The molecule has 0 radical (unpaired) electrons. The van der Waals surface area contributed by atoms with Gasteiger partial charge in [0.05, 0.1) is 12.6 Å². The van der Waals surface area contributed by atoms with Crippen LogP contribution >= 0.6 is 11.8 Å². The Hall–Kier alpha value is -0.220. The summed E-state index contributed by atoms with van der Waals surface area (Å²) < 4.78 is 0. The molecule has 0 amide bonds. The Labute approximate surface area is 52.0 Å². The Balaban J connectivity index is 2.41. The van der Waals surface area contributed by atoms with E-state index >= 15 is 0 Å². The molecule has 1 aliphatic rings. The minimum absolute atomic E-state index is 0.0556. The maximum Gasteiger partial charge on any atom is 0.154 e. The topological polar surface area (TPSA) is 58.6 Å². The monoisotopic (exact) mass is 132 g/mol. The predicted octanol–water partition coefficient (Wildman–Crippen LogP) is -0.591. The quantitative estimate of drug-likeness (QED) is 0.501. The molecule has 0 aliphatic carbocycles. The summed E-state index contributed by atoms with van der Waals surface area (Å²) in [5, 5.41) is 9.11. The maximum absolute atomic E-state index is 8.51. The van der Waals surface area contributed by atoms with Crippen molar-refractivity contribution in [2.45, 2.75) is 6.04 Å². The van der Waals surface area contributed by atoms with E-state index in [-0.39, 0.29) is 12.6 Å². The smallest absolute Gasteiger partial charge is 0.154 e. The Morgan fingerprint density at radius 1 is 2.00 bits per heavy atom. The lowest BCUT2D eigenvalue weighted by molar-refractivity contribution is 0.277. The first kappa shape index (κ1) is 5.91. The van der Waals surface area contributed by atoms with Crippen molar-refractivity contribution in [3.05, 3.63) is 0 Å². The maximum atomic E-state index is 8.51. The zero-order valence-electron chi connectivity index (χ0n) is 4.37. The van der Waals surface area contributed by atoms with Gasteiger partial charge in [0.2, 0.25) is 0 Å². The van der Waals surface area contributed by atoms with Gasteiger partial charge in [0.25, 0.3) is 0 Å². The van der Waals surface area contributed by atoms with Crippen molar-refractivity contribution in [2.75, 3.05) is 12.4 Å². The SMILES string of the molecule is NC1=NC(CO)CS1. The van der Waals surface area contributed by atoms with Crippen LogP contribution in [0.25, 0.3) is 0 Å². The van der Waals surface area contributed by atoms with Crippen molar-refractivity contribution in [3.63, 3.8) is 0 Å². The average molecular weight is 132 g/mol. The van der Waals surface area contributed by atoms with Crippen LogP contribution < -0.4 is 5.73 Å². The summed E-state index contributed by atoms with van der Waals surface area (Å²) in [6.45, 7) is 0.119. The van der Waals surface area contributed by atoms with E-state index in [4.69, 9.17) is 10.8 Å². The molecule has 0 fully saturated rings. The molecule has 1 atom stereocenters. The fourth-order valence-corrected chi connectivity index (χ4v) is 1.30. The van der Waals surface area contributed by atoms with Gasteiger partial charge in [0.15, 0.2) is 5.17 Å². The first-order valence-corrected chi connectivity index (χ1v) is 3.38. The van der Waals surface area contributed by atoms with Crippen molar-refractivity contribution < 1.29 is 5.11 Å². The largest absolute Gasteiger partial charge is 0.394 e. The summed E-state index contributed by atoms with van der Waals surface area (Å²) in [4.78, 5) is 3.91. The van der Waals surface area contributed by atoms with Gasteiger partial charge in [0, 0.05) is 5.75 Å². The van der Waals surface area contributed by atoms with Crippen LogP contribution in [0.5, 0.6) is 0 Å². The molecule has 0 saturated heterocycles. The van der Waals surface area contributed by atoms with Gasteiger partial charge < -0.3 is 10.8 Å². The van der Waals surface area contributed by atoms with Crippen molar-refractivity contribution in [3.8, 4) is 0 Å². The molecule has 1 aliphatic heterocycles. The highest BCUT2D eigenvalue weighted by Gasteiger charge is 2.13. The van der Waals surface area contributed by atoms with E-state index in [1.165, 1.54) is 11.8 Å². The molecule has 1 rings (SSSR count). The second-order valence-electron chi connectivity index (χ2n) is 1.61. The molecular weight excluding hydrogens is 124 g/mol. The van der Waals surface area contributed by atoms with Crippen LogP contribution in [0.3, 0.4) is 0 Å². The number of nitrogens with zero attached hydrogens (tertiary/aromatic N) is 1. The number of rotatable bonds is 1. The van der Waals surface area contributed by atoms with Crippen molar-refractivity contribution in [1.29, 1.82) is 0 Å². The molecule has 0 spiro atoms. The number of aliphatic imine (C=N–C) groups is 1. The first-order chi connectivity index (χ1) is 3.83. The zero-order chi connectivity index (χ0) is 5.98. The molecule has 46 valence electrons. The van der Waals surface area contributed by atoms with Crippen molar-refractivity contribution >= 4 is 16.9 Å². The second-order valence-corrected chi connectivity index (χ2v) is 2.66. The van der Waals surface area contributed by atoms with E-state index < -0.39 is 0 Å². The summed E-state index contributed by atoms with van der Waals surface area (Å²) >= 11 is 1.50. The molecule has 1 unspecified atom stereocenters. The number of aliphatic hydroxyl groups is 1. The van der Waals surface area contributed by atoms with E-state index in [1.807, 2.05) is 0 Å². The minimum Gasteiger partial charge on any atom is -0.394 e. The molecule has 3 nitrogen and oxygen atoms in total. The predicted molar refractivity (Wildman–Crippen MR) is 35.0 cm³/mol. The lowest BCUT2D eigenvalue weighted by atomic mass is 10.4. The number of nitrogens with two attached hydrogens (primary N) is 1. The van der Waals surface area contributed by atoms with Gasteiger partial charge in [-0.05, 0) is 0 Å². The number of aliphatic hydroxyl groups excluding tert-OH is 1. The fraction of sp³-hybridized carbons (Fsp3) is 0.750. The number of hydrogen-bond donors (Lipinski definition) is 2. The Bertz CT molecular complexity index is 115. The lowest BCUT2D eigenvalue weighted by Crippen LogP contribution is -2.08. The molecular formula is C4H8N2OS. The molecule has 0 bridgehead atoms. The Morgan fingerprint density at radius 2 is 2.75 bits per heavy atom. The molecule has 0 saturated carbocycles. The highest BCUT2D eigenvalue weighted by Crippen LogP contribution is 2.13. The molecule has 4 heteroatoms. The first-order valence-electron chi connectivity index (χ1n) is 2.40. The van der Waals surface area contributed by atoms with Crippen LogP contribution in [0.2, 0.25) is 0 Å². The minimum atomic E-state index is 0.0556. The zero-order valence-corrected chi connectivity index (χ0v) is 5.19. The van der Waals surface area contributed by atoms with Crippen LogP contribution in [-0.4, -0.2) is 28.7 Å². The van der Waals surface area contributed by atoms with E-state index in [0.29, 0.717) is 5.17 Å². The summed E-state index contributed by atoms with van der Waals surface area (Å²) in [6, 6.07) is 0.0556. The molecule has 0 aromatic heterocycles. The summed E-state index contributed by atoms with van der Waals surface area (Å²) in [6.07, 6.45) is 0. The highest BCUT2D eigenvalue weighted by atomic mass is 32.2. The van der Waals surface area contributed by atoms with Crippen molar-refractivity contribution in [2.24, 2.45) is 10.7 Å². The van der Waals surface area contributed by atoms with Crippen LogP contribution in [0.4, 0.5) is 0 Å². The number of thioether (sulfide) groups is 1. The second kappa shape index (κ2) is 2.37. The summed E-state index contributed by atoms with van der Waals surface area (Å²) in [5.74, 6) is 0.836. The van der Waals surface area contributed by atoms with Gasteiger partial charge in [-0.2, -0.15) is 0 Å². The van der Waals surface area contributed by atoms with Gasteiger partial charge in [-0.15, -0.1) is 0 Å². The van der Waals surface area contributed by atoms with Crippen LogP contribution in [0, 0.1) is 0 Å². The highest BCUT2D eigenvalue weighted by molar-refractivity contribution is 8.14. The van der Waals surface area contributed by atoms with Crippen LogP contribution in [-0.2, 0) is 0 Å². The number of amidine groups is 1. The Kier molecular flexibility index (Phi) is 1.75. The number of hydrogen-bond acceptors (Lipinski definition) is 4. The standard InChI is InChI=1S/C4H8N2OS/c5-4-6-3(1-7)2-8-4/h3,7H,1-2H2,(H2,5,6). The molecule has 8 heavy (non-hydrogen) atoms. The fourth-order valence-electron chi connectivity index (χ4n) is 0.530. The average Bonchev–Trinajstić information content (AvgIpc) is 2.14. The van der Waals surface area contributed by atoms with Gasteiger partial charge in [-0.1, -0.05) is 11.8 Å². The van der Waals surface area contributed by atoms with Gasteiger partial charge in [0.1, 0.15) is 0 Å². The van der Waals surface area contributed by atoms with Crippen LogP contribution in [0.1, 0.15) is 0 Å². The third kappa shape index (κ3) is 1.14. The van der Waals surface area contributed by atoms with E-state index in [2.05, 4.69) is 4.99 Å². The molecule has 0 aromatic carbocycles. The lowest BCUT2D eigenvalue weighted by Gasteiger charge is -1.94. The normalized spacial score (nSPS) is 28.1. The van der Waals surface area contributed by atoms with Crippen LogP contribution in [0.15, 0.2) is 4.99 Å².